The maximum atomic E-state index is 13.5. The van der Waals surface area contributed by atoms with Gasteiger partial charge in [0.1, 0.15) is 6.61 Å². The van der Waals surface area contributed by atoms with Gasteiger partial charge in [-0.05, 0) is 24.6 Å². The van der Waals surface area contributed by atoms with Crippen LogP contribution in [0.25, 0.3) is 0 Å². The molecule has 0 aromatic heterocycles. The Morgan fingerprint density at radius 2 is 2.39 bits per heavy atom. The summed E-state index contributed by atoms with van der Waals surface area (Å²) in [6.45, 7) is 1.66. The summed E-state index contributed by atoms with van der Waals surface area (Å²) < 4.78 is 24.2. The van der Waals surface area contributed by atoms with Crippen molar-refractivity contribution in [2.45, 2.75) is 6.42 Å². The van der Waals surface area contributed by atoms with E-state index < -0.39 is 5.82 Å². The Morgan fingerprint density at radius 3 is 3.11 bits per heavy atom. The van der Waals surface area contributed by atoms with Crippen LogP contribution in [0.2, 0.25) is 0 Å². The van der Waals surface area contributed by atoms with Gasteiger partial charge in [-0.2, -0.15) is 0 Å². The maximum Gasteiger partial charge on any atom is 0.165 e. The third-order valence-electron chi connectivity index (χ3n) is 2.74. The van der Waals surface area contributed by atoms with Crippen LogP contribution < -0.4 is 4.74 Å². The molecule has 4 heteroatoms. The van der Waals surface area contributed by atoms with Crippen molar-refractivity contribution in [3.63, 3.8) is 0 Å². The van der Waals surface area contributed by atoms with Gasteiger partial charge in [-0.3, -0.25) is 0 Å². The zero-order valence-electron chi connectivity index (χ0n) is 9.99. The van der Waals surface area contributed by atoms with Gasteiger partial charge in [0.2, 0.25) is 0 Å². The molecule has 2 rings (SSSR count). The molecule has 1 N–H and O–H groups in total. The SMILES string of the molecule is OCC#Cc1ccc(F)c(OCC2CCOC2)c1. The lowest BCUT2D eigenvalue weighted by molar-refractivity contribution is 0.165. The van der Waals surface area contributed by atoms with Gasteiger partial charge in [-0.25, -0.2) is 4.39 Å². The van der Waals surface area contributed by atoms with Crippen LogP contribution >= 0.6 is 0 Å². The number of ether oxygens (including phenoxy) is 2. The molecule has 96 valence electrons. The average Bonchev–Trinajstić information content (AvgIpc) is 2.89. The molecule has 1 aromatic carbocycles. The van der Waals surface area contributed by atoms with Crippen LogP contribution in [0.1, 0.15) is 12.0 Å². The minimum Gasteiger partial charge on any atom is -0.490 e. The van der Waals surface area contributed by atoms with E-state index in [0.717, 1.165) is 13.0 Å². The number of benzene rings is 1. The highest BCUT2D eigenvalue weighted by Crippen LogP contribution is 2.21. The van der Waals surface area contributed by atoms with Crippen LogP contribution in [0, 0.1) is 23.6 Å². The first kappa shape index (κ1) is 12.9. The summed E-state index contributed by atoms with van der Waals surface area (Å²) >= 11 is 0. The van der Waals surface area contributed by atoms with Crippen molar-refractivity contribution >= 4 is 0 Å². The quantitative estimate of drug-likeness (QED) is 0.828. The third kappa shape index (κ3) is 3.46. The summed E-state index contributed by atoms with van der Waals surface area (Å²) in [7, 11) is 0. The molecule has 1 atom stereocenters. The molecular weight excluding hydrogens is 235 g/mol. The topological polar surface area (TPSA) is 38.7 Å². The van der Waals surface area contributed by atoms with E-state index in [9.17, 15) is 4.39 Å². The van der Waals surface area contributed by atoms with Crippen LogP contribution in [0.5, 0.6) is 5.75 Å². The van der Waals surface area contributed by atoms with Crippen molar-refractivity contribution in [2.24, 2.45) is 5.92 Å². The van der Waals surface area contributed by atoms with Gasteiger partial charge in [0.25, 0.3) is 0 Å². The smallest absolute Gasteiger partial charge is 0.165 e. The minimum absolute atomic E-state index is 0.201. The van der Waals surface area contributed by atoms with E-state index >= 15 is 0 Å². The Balaban J connectivity index is 2.01. The first-order chi connectivity index (χ1) is 8.79. The second-order valence-corrected chi connectivity index (χ2v) is 4.15. The van der Waals surface area contributed by atoms with Gasteiger partial charge < -0.3 is 14.6 Å². The molecule has 1 unspecified atom stereocenters. The number of hydrogen-bond acceptors (Lipinski definition) is 3. The second kappa shape index (κ2) is 6.39. The first-order valence-corrected chi connectivity index (χ1v) is 5.89. The van der Waals surface area contributed by atoms with E-state index in [1.807, 2.05) is 0 Å². The molecule has 1 aliphatic heterocycles. The lowest BCUT2D eigenvalue weighted by atomic mass is 10.1. The summed E-state index contributed by atoms with van der Waals surface area (Å²) in [5.74, 6) is 5.37. The highest BCUT2D eigenvalue weighted by molar-refractivity contribution is 5.40. The van der Waals surface area contributed by atoms with Gasteiger partial charge >= 0.3 is 0 Å². The fraction of sp³-hybridized carbons (Fsp3) is 0.429. The summed E-state index contributed by atoms with van der Waals surface area (Å²) in [5.41, 5.74) is 0.628. The van der Waals surface area contributed by atoms with Gasteiger partial charge in [0, 0.05) is 18.1 Å². The molecule has 1 saturated heterocycles. The Bertz CT molecular complexity index is 456. The summed E-state index contributed by atoms with van der Waals surface area (Å²) in [6, 6.07) is 4.43. The van der Waals surface area contributed by atoms with Crippen LogP contribution in [-0.2, 0) is 4.74 Å². The fourth-order valence-corrected chi connectivity index (χ4v) is 1.76. The van der Waals surface area contributed by atoms with E-state index in [-0.39, 0.29) is 12.4 Å². The Kier molecular flexibility index (Phi) is 4.57. The van der Waals surface area contributed by atoms with Gasteiger partial charge in [-0.1, -0.05) is 11.8 Å². The lowest BCUT2D eigenvalue weighted by Crippen LogP contribution is -2.12. The summed E-state index contributed by atoms with van der Waals surface area (Å²) in [6.07, 6.45) is 0.950. The third-order valence-corrected chi connectivity index (χ3v) is 2.74. The number of rotatable bonds is 3. The molecule has 1 aromatic rings. The molecule has 1 heterocycles. The Labute approximate surface area is 106 Å². The first-order valence-electron chi connectivity index (χ1n) is 5.89. The second-order valence-electron chi connectivity index (χ2n) is 4.15. The predicted molar refractivity (Wildman–Crippen MR) is 64.8 cm³/mol. The van der Waals surface area contributed by atoms with Crippen LogP contribution in [0.3, 0.4) is 0 Å². The van der Waals surface area contributed by atoms with Crippen LogP contribution in [0.4, 0.5) is 4.39 Å². The van der Waals surface area contributed by atoms with Crippen molar-refractivity contribution in [1.82, 2.24) is 0 Å². The monoisotopic (exact) mass is 250 g/mol. The van der Waals surface area contributed by atoms with Crippen molar-refractivity contribution in [2.75, 3.05) is 26.4 Å². The van der Waals surface area contributed by atoms with Crippen molar-refractivity contribution in [3.05, 3.63) is 29.6 Å². The molecule has 18 heavy (non-hydrogen) atoms. The minimum atomic E-state index is -0.400. The van der Waals surface area contributed by atoms with E-state index in [4.69, 9.17) is 14.6 Å². The van der Waals surface area contributed by atoms with Crippen LogP contribution in [0.15, 0.2) is 18.2 Å². The van der Waals surface area contributed by atoms with Gasteiger partial charge in [-0.15, -0.1) is 0 Å². The predicted octanol–water partition coefficient (Wildman–Crippen LogP) is 1.58. The standard InChI is InChI=1S/C14H15FO3/c15-13-4-3-11(2-1-6-16)8-14(13)18-10-12-5-7-17-9-12/h3-4,8,12,16H,5-7,9-10H2. The number of aliphatic hydroxyl groups excluding tert-OH is 1. The number of halogens is 1. The highest BCUT2D eigenvalue weighted by Gasteiger charge is 2.17. The zero-order chi connectivity index (χ0) is 12.8. The molecule has 3 nitrogen and oxygen atoms in total. The maximum absolute atomic E-state index is 13.5. The van der Waals surface area contributed by atoms with Gasteiger partial charge in [0.15, 0.2) is 11.6 Å². The van der Waals surface area contributed by atoms with Crippen LogP contribution in [-0.4, -0.2) is 31.5 Å². The molecule has 0 spiro atoms. The largest absolute Gasteiger partial charge is 0.490 e. The molecular formula is C14H15FO3. The molecule has 1 aliphatic rings. The van der Waals surface area contributed by atoms with Crippen molar-refractivity contribution in [3.8, 4) is 17.6 Å². The van der Waals surface area contributed by atoms with Crippen molar-refractivity contribution < 1.29 is 19.0 Å². The van der Waals surface area contributed by atoms with Gasteiger partial charge in [0.05, 0.1) is 13.2 Å². The Morgan fingerprint density at radius 1 is 1.50 bits per heavy atom. The van der Waals surface area contributed by atoms with Crippen molar-refractivity contribution in [1.29, 1.82) is 0 Å². The van der Waals surface area contributed by atoms with E-state index in [0.29, 0.717) is 24.7 Å². The molecule has 0 bridgehead atoms. The van der Waals surface area contributed by atoms with E-state index in [1.54, 1.807) is 12.1 Å². The van der Waals surface area contributed by atoms with E-state index in [2.05, 4.69) is 11.8 Å². The molecule has 0 saturated carbocycles. The zero-order valence-corrected chi connectivity index (χ0v) is 9.99. The molecule has 0 radical (unpaired) electrons. The molecule has 0 amide bonds. The molecule has 1 fully saturated rings. The fourth-order valence-electron chi connectivity index (χ4n) is 1.76. The normalized spacial score (nSPS) is 18.2. The lowest BCUT2D eigenvalue weighted by Gasteiger charge is -2.11. The van der Waals surface area contributed by atoms with E-state index in [1.165, 1.54) is 6.07 Å². The summed E-state index contributed by atoms with van der Waals surface area (Å²) in [4.78, 5) is 0. The number of aliphatic hydroxyl groups is 1. The Hall–Kier alpha value is -1.57. The molecule has 0 aliphatic carbocycles. The summed E-state index contributed by atoms with van der Waals surface area (Å²) in [5, 5.41) is 8.61. The number of hydrogen-bond donors (Lipinski definition) is 1. The average molecular weight is 250 g/mol. The highest BCUT2D eigenvalue weighted by atomic mass is 19.1.